The molecule has 92 valence electrons. The van der Waals surface area contributed by atoms with E-state index in [9.17, 15) is 4.79 Å². The molecule has 0 unspecified atom stereocenters. The fourth-order valence-electron chi connectivity index (χ4n) is 2.38. The number of hydrogen-bond acceptors (Lipinski definition) is 1. The van der Waals surface area contributed by atoms with Crippen molar-refractivity contribution in [1.82, 2.24) is 0 Å². The zero-order chi connectivity index (χ0) is 13.1. The summed E-state index contributed by atoms with van der Waals surface area (Å²) in [5.74, 6) is 0.226. The van der Waals surface area contributed by atoms with E-state index in [-0.39, 0.29) is 5.78 Å². The normalized spacial score (nSPS) is 10.4. The minimum Gasteiger partial charge on any atom is -0.294 e. The largest absolute Gasteiger partial charge is 0.294 e. The summed E-state index contributed by atoms with van der Waals surface area (Å²) < 4.78 is 0. The average Bonchev–Trinajstić information content (AvgIpc) is 2.38. The summed E-state index contributed by atoms with van der Waals surface area (Å²) in [5, 5.41) is 0. The highest BCUT2D eigenvalue weighted by atomic mass is 16.1. The Kier molecular flexibility index (Phi) is 3.61. The van der Waals surface area contributed by atoms with E-state index in [4.69, 9.17) is 0 Å². The molecule has 0 N–H and O–H groups in total. The number of rotatable bonds is 3. The number of carbonyl (C=O) groups excluding carboxylic acids is 1. The van der Waals surface area contributed by atoms with Crippen LogP contribution in [0.25, 0.3) is 11.1 Å². The van der Waals surface area contributed by atoms with E-state index in [1.807, 2.05) is 39.0 Å². The summed E-state index contributed by atoms with van der Waals surface area (Å²) in [6.07, 6.45) is 0.562. The molecule has 0 amide bonds. The van der Waals surface area contributed by atoms with E-state index in [0.717, 1.165) is 16.7 Å². The molecule has 0 aliphatic carbocycles. The van der Waals surface area contributed by atoms with Gasteiger partial charge in [0.2, 0.25) is 0 Å². The molecular formula is C17H18O. The van der Waals surface area contributed by atoms with Crippen LogP contribution < -0.4 is 0 Å². The second kappa shape index (κ2) is 5.18. The third-order valence-corrected chi connectivity index (χ3v) is 3.24. The lowest BCUT2D eigenvalue weighted by molar-refractivity contribution is 0.0987. The SMILES string of the molecule is CCC(=O)c1c(C)cc(-c2ccccc2)cc1C. The van der Waals surface area contributed by atoms with Crippen LogP contribution in [0.5, 0.6) is 0 Å². The van der Waals surface area contributed by atoms with Gasteiger partial charge in [-0.3, -0.25) is 4.79 Å². The first-order valence-electron chi connectivity index (χ1n) is 6.33. The zero-order valence-electron chi connectivity index (χ0n) is 11.2. The number of hydrogen-bond donors (Lipinski definition) is 0. The molecule has 1 nitrogen and oxygen atoms in total. The van der Waals surface area contributed by atoms with Gasteiger partial charge in [0.1, 0.15) is 0 Å². The van der Waals surface area contributed by atoms with Crippen molar-refractivity contribution in [3.8, 4) is 11.1 Å². The van der Waals surface area contributed by atoms with Crippen LogP contribution >= 0.6 is 0 Å². The van der Waals surface area contributed by atoms with Crippen molar-refractivity contribution in [2.75, 3.05) is 0 Å². The van der Waals surface area contributed by atoms with Crippen molar-refractivity contribution < 1.29 is 4.79 Å². The van der Waals surface area contributed by atoms with Gasteiger partial charge in [-0.15, -0.1) is 0 Å². The number of ketones is 1. The minimum absolute atomic E-state index is 0.226. The van der Waals surface area contributed by atoms with Crippen molar-refractivity contribution in [2.45, 2.75) is 27.2 Å². The van der Waals surface area contributed by atoms with E-state index in [1.165, 1.54) is 11.1 Å². The van der Waals surface area contributed by atoms with Crippen LogP contribution in [-0.4, -0.2) is 5.78 Å². The van der Waals surface area contributed by atoms with Gasteiger partial charge in [-0.25, -0.2) is 0 Å². The van der Waals surface area contributed by atoms with Crippen molar-refractivity contribution >= 4 is 5.78 Å². The molecule has 0 radical (unpaired) electrons. The highest BCUT2D eigenvalue weighted by Crippen LogP contribution is 2.25. The highest BCUT2D eigenvalue weighted by Gasteiger charge is 2.12. The van der Waals surface area contributed by atoms with Crippen molar-refractivity contribution in [2.24, 2.45) is 0 Å². The fourth-order valence-corrected chi connectivity index (χ4v) is 2.38. The summed E-state index contributed by atoms with van der Waals surface area (Å²) in [6.45, 7) is 5.94. The van der Waals surface area contributed by atoms with Crippen molar-refractivity contribution in [3.63, 3.8) is 0 Å². The molecule has 0 saturated heterocycles. The van der Waals surface area contributed by atoms with Gasteiger partial charge in [-0.1, -0.05) is 49.4 Å². The molecule has 1 heteroatoms. The van der Waals surface area contributed by atoms with Gasteiger partial charge in [0.05, 0.1) is 0 Å². The molecule has 18 heavy (non-hydrogen) atoms. The lowest BCUT2D eigenvalue weighted by Crippen LogP contribution is -2.03. The number of benzene rings is 2. The maximum atomic E-state index is 11.9. The molecule has 2 rings (SSSR count). The molecule has 0 aliphatic heterocycles. The van der Waals surface area contributed by atoms with E-state index < -0.39 is 0 Å². The zero-order valence-corrected chi connectivity index (χ0v) is 11.2. The topological polar surface area (TPSA) is 17.1 Å². The van der Waals surface area contributed by atoms with Crippen LogP contribution in [-0.2, 0) is 0 Å². The standard InChI is InChI=1S/C17H18O/c1-4-16(18)17-12(2)10-15(11-13(17)3)14-8-6-5-7-9-14/h5-11H,4H2,1-3H3. The first-order chi connectivity index (χ1) is 8.63. The Morgan fingerprint density at radius 1 is 0.944 bits per heavy atom. The molecule has 2 aromatic carbocycles. The third-order valence-electron chi connectivity index (χ3n) is 3.24. The van der Waals surface area contributed by atoms with E-state index in [1.54, 1.807) is 0 Å². The number of aryl methyl sites for hydroxylation is 2. The fraction of sp³-hybridized carbons (Fsp3) is 0.235. The van der Waals surface area contributed by atoms with Gasteiger partial charge >= 0.3 is 0 Å². The van der Waals surface area contributed by atoms with E-state index >= 15 is 0 Å². The maximum Gasteiger partial charge on any atom is 0.163 e. The minimum atomic E-state index is 0.226. The second-order valence-corrected chi connectivity index (χ2v) is 4.63. The molecule has 0 aliphatic rings. The predicted molar refractivity (Wildman–Crippen MR) is 76.0 cm³/mol. The number of carbonyl (C=O) groups is 1. The average molecular weight is 238 g/mol. The first kappa shape index (κ1) is 12.6. The highest BCUT2D eigenvalue weighted by molar-refractivity contribution is 5.99. The Bertz CT molecular complexity index is 544. The van der Waals surface area contributed by atoms with Crippen LogP contribution in [0.4, 0.5) is 0 Å². The Morgan fingerprint density at radius 3 is 2.00 bits per heavy atom. The molecule has 0 spiro atoms. The van der Waals surface area contributed by atoms with Crippen LogP contribution in [0.3, 0.4) is 0 Å². The van der Waals surface area contributed by atoms with Gasteiger partial charge in [-0.2, -0.15) is 0 Å². The Labute approximate surface area is 108 Å². The van der Waals surface area contributed by atoms with E-state index in [2.05, 4.69) is 24.3 Å². The van der Waals surface area contributed by atoms with Gasteiger partial charge < -0.3 is 0 Å². The first-order valence-corrected chi connectivity index (χ1v) is 6.33. The summed E-state index contributed by atoms with van der Waals surface area (Å²) >= 11 is 0. The maximum absolute atomic E-state index is 11.9. The van der Waals surface area contributed by atoms with Gasteiger partial charge in [0.15, 0.2) is 5.78 Å². The lowest BCUT2D eigenvalue weighted by atomic mass is 9.93. The van der Waals surface area contributed by atoms with Gasteiger partial charge in [0, 0.05) is 12.0 Å². The Morgan fingerprint density at radius 2 is 1.50 bits per heavy atom. The summed E-state index contributed by atoms with van der Waals surface area (Å²) in [5.41, 5.74) is 5.40. The van der Waals surface area contributed by atoms with Gasteiger partial charge in [0.25, 0.3) is 0 Å². The molecule has 0 aromatic heterocycles. The van der Waals surface area contributed by atoms with Gasteiger partial charge in [-0.05, 0) is 36.1 Å². The quantitative estimate of drug-likeness (QED) is 0.716. The summed E-state index contributed by atoms with van der Waals surface area (Å²) in [4.78, 5) is 11.9. The molecule has 0 heterocycles. The molecule has 0 bridgehead atoms. The number of Topliss-reactive ketones (excluding diaryl/α,β-unsaturated/α-hetero) is 1. The van der Waals surface area contributed by atoms with Crippen LogP contribution in [0.1, 0.15) is 34.8 Å². The van der Waals surface area contributed by atoms with Crippen LogP contribution in [0.15, 0.2) is 42.5 Å². The summed E-state index contributed by atoms with van der Waals surface area (Å²) in [6, 6.07) is 14.5. The second-order valence-electron chi connectivity index (χ2n) is 4.63. The van der Waals surface area contributed by atoms with E-state index in [0.29, 0.717) is 6.42 Å². The lowest BCUT2D eigenvalue weighted by Gasteiger charge is -2.11. The van der Waals surface area contributed by atoms with Crippen molar-refractivity contribution in [1.29, 1.82) is 0 Å². The Hall–Kier alpha value is -1.89. The van der Waals surface area contributed by atoms with Crippen molar-refractivity contribution in [3.05, 3.63) is 59.2 Å². The molecule has 0 saturated carbocycles. The third kappa shape index (κ3) is 2.35. The molecule has 0 atom stereocenters. The molecule has 2 aromatic rings. The van der Waals surface area contributed by atoms with Crippen LogP contribution in [0.2, 0.25) is 0 Å². The molecule has 0 fully saturated rings. The Balaban J connectivity index is 2.53. The predicted octanol–water partition coefficient (Wildman–Crippen LogP) is 4.56. The monoisotopic (exact) mass is 238 g/mol. The van der Waals surface area contributed by atoms with Crippen LogP contribution in [0, 0.1) is 13.8 Å². The summed E-state index contributed by atoms with van der Waals surface area (Å²) in [7, 11) is 0. The molecular weight excluding hydrogens is 220 g/mol. The smallest absolute Gasteiger partial charge is 0.163 e.